The molecular formula is C32H29N3O5. The first-order valence-corrected chi connectivity index (χ1v) is 13.5. The van der Waals surface area contributed by atoms with E-state index in [1.54, 1.807) is 30.3 Å². The SMILES string of the molecule is O=C(CCn1cc(C=C2C(=O)N(c3ccccc3)N(c3ccccc3)C2=O)c2ccccc21)OCC1CCCO1. The second kappa shape index (κ2) is 11.2. The second-order valence-corrected chi connectivity index (χ2v) is 9.83. The standard InChI is InChI=1S/C32H29N3O5/c36-30(40-22-26-14-9-19-39-26)17-18-33-21-23(27-15-7-8-16-29(27)33)20-28-31(37)34(24-10-3-1-4-11-24)35(32(28)38)25-12-5-2-6-13-25/h1-8,10-13,15-16,20-21,26H,9,14,17-19,22H2. The Hall–Kier alpha value is -4.69. The molecule has 6 rings (SSSR count). The summed E-state index contributed by atoms with van der Waals surface area (Å²) in [5, 5.41) is 3.70. The van der Waals surface area contributed by atoms with Gasteiger partial charge in [0.25, 0.3) is 11.8 Å². The van der Waals surface area contributed by atoms with E-state index in [1.165, 1.54) is 10.0 Å². The molecule has 2 saturated heterocycles. The number of anilines is 2. The molecule has 1 aromatic heterocycles. The molecule has 0 radical (unpaired) electrons. The Morgan fingerprint density at radius 3 is 2.12 bits per heavy atom. The molecule has 2 fully saturated rings. The van der Waals surface area contributed by atoms with Gasteiger partial charge in [0.1, 0.15) is 12.2 Å². The molecule has 0 saturated carbocycles. The van der Waals surface area contributed by atoms with Crippen molar-refractivity contribution in [3.05, 3.63) is 102 Å². The van der Waals surface area contributed by atoms with E-state index in [-0.39, 0.29) is 30.7 Å². The summed E-state index contributed by atoms with van der Waals surface area (Å²) in [7, 11) is 0. The average Bonchev–Trinajstić information content (AvgIpc) is 3.70. The van der Waals surface area contributed by atoms with E-state index in [2.05, 4.69) is 0 Å². The number of nitrogens with zero attached hydrogens (tertiary/aromatic N) is 3. The fourth-order valence-electron chi connectivity index (χ4n) is 5.20. The monoisotopic (exact) mass is 535 g/mol. The minimum Gasteiger partial charge on any atom is -0.463 e. The van der Waals surface area contributed by atoms with Crippen molar-refractivity contribution in [2.24, 2.45) is 0 Å². The van der Waals surface area contributed by atoms with Crippen molar-refractivity contribution in [2.45, 2.75) is 31.9 Å². The van der Waals surface area contributed by atoms with Crippen LogP contribution in [0.3, 0.4) is 0 Å². The summed E-state index contributed by atoms with van der Waals surface area (Å²) in [5.74, 6) is -1.10. The Balaban J connectivity index is 1.30. The Bertz CT molecular complexity index is 1510. The molecule has 1 unspecified atom stereocenters. The van der Waals surface area contributed by atoms with Crippen LogP contribution in [0.15, 0.2) is 96.7 Å². The average molecular weight is 536 g/mol. The van der Waals surface area contributed by atoms with Crippen LogP contribution in [0.4, 0.5) is 11.4 Å². The van der Waals surface area contributed by atoms with E-state index in [1.807, 2.05) is 71.4 Å². The van der Waals surface area contributed by atoms with Crippen LogP contribution >= 0.6 is 0 Å². The number of carbonyl (C=O) groups is 3. The van der Waals surface area contributed by atoms with Gasteiger partial charge in [-0.05, 0) is 49.2 Å². The molecule has 2 amide bonds. The Kier molecular flexibility index (Phi) is 7.16. The highest BCUT2D eigenvalue weighted by molar-refractivity contribution is 6.38. The Morgan fingerprint density at radius 2 is 1.50 bits per heavy atom. The van der Waals surface area contributed by atoms with Crippen LogP contribution < -0.4 is 10.0 Å². The van der Waals surface area contributed by atoms with Gasteiger partial charge in [-0.1, -0.05) is 54.6 Å². The summed E-state index contributed by atoms with van der Waals surface area (Å²) in [6, 6.07) is 26.0. The summed E-state index contributed by atoms with van der Waals surface area (Å²) in [6.45, 7) is 1.40. The van der Waals surface area contributed by atoms with E-state index in [9.17, 15) is 14.4 Å². The number of benzene rings is 3. The van der Waals surface area contributed by atoms with Gasteiger partial charge in [0.05, 0.1) is 23.9 Å². The van der Waals surface area contributed by atoms with Gasteiger partial charge in [-0.3, -0.25) is 14.4 Å². The van der Waals surface area contributed by atoms with Gasteiger partial charge in [0, 0.05) is 35.8 Å². The van der Waals surface area contributed by atoms with Crippen molar-refractivity contribution in [3.8, 4) is 0 Å². The van der Waals surface area contributed by atoms with E-state index in [0.29, 0.717) is 24.5 Å². The van der Waals surface area contributed by atoms with Crippen LogP contribution in [0.25, 0.3) is 17.0 Å². The number of esters is 1. The Labute approximate surface area is 232 Å². The number of ether oxygens (including phenoxy) is 2. The molecule has 2 aliphatic rings. The van der Waals surface area contributed by atoms with Gasteiger partial charge < -0.3 is 14.0 Å². The number of hydrogen-bond donors (Lipinski definition) is 0. The topological polar surface area (TPSA) is 81.1 Å². The van der Waals surface area contributed by atoms with Crippen LogP contribution in [0, 0.1) is 0 Å². The first-order chi connectivity index (χ1) is 19.6. The third-order valence-corrected chi connectivity index (χ3v) is 7.18. The number of para-hydroxylation sites is 3. The summed E-state index contributed by atoms with van der Waals surface area (Å²) < 4.78 is 12.9. The van der Waals surface area contributed by atoms with Gasteiger partial charge in [-0.2, -0.15) is 0 Å². The molecule has 8 nitrogen and oxygen atoms in total. The molecule has 1 atom stereocenters. The van der Waals surface area contributed by atoms with Crippen LogP contribution in [0.2, 0.25) is 0 Å². The summed E-state index contributed by atoms with van der Waals surface area (Å²) in [6.07, 6.45) is 5.62. The maximum absolute atomic E-state index is 13.8. The van der Waals surface area contributed by atoms with Gasteiger partial charge >= 0.3 is 5.97 Å². The fraction of sp³-hybridized carbons (Fsp3) is 0.219. The van der Waals surface area contributed by atoms with Crippen molar-refractivity contribution >= 4 is 46.1 Å². The number of hydrogen-bond acceptors (Lipinski definition) is 5. The van der Waals surface area contributed by atoms with Crippen molar-refractivity contribution in [1.29, 1.82) is 0 Å². The number of amides is 2. The van der Waals surface area contributed by atoms with E-state index < -0.39 is 11.8 Å². The molecule has 8 heteroatoms. The molecule has 4 aromatic rings. The number of carbonyl (C=O) groups excluding carboxylic acids is 3. The zero-order chi connectivity index (χ0) is 27.5. The van der Waals surface area contributed by atoms with Crippen molar-refractivity contribution < 1.29 is 23.9 Å². The Morgan fingerprint density at radius 1 is 0.875 bits per heavy atom. The molecule has 0 N–H and O–H groups in total. The first-order valence-electron chi connectivity index (χ1n) is 13.5. The predicted octanol–water partition coefficient (Wildman–Crippen LogP) is 5.13. The number of fused-ring (bicyclic) bond motifs is 1. The second-order valence-electron chi connectivity index (χ2n) is 9.83. The highest BCUT2D eigenvalue weighted by Gasteiger charge is 2.43. The highest BCUT2D eigenvalue weighted by Crippen LogP contribution is 2.33. The lowest BCUT2D eigenvalue weighted by Gasteiger charge is -2.27. The minimum absolute atomic E-state index is 0.0121. The molecule has 2 aliphatic heterocycles. The highest BCUT2D eigenvalue weighted by atomic mass is 16.6. The molecule has 3 heterocycles. The maximum atomic E-state index is 13.8. The lowest BCUT2D eigenvalue weighted by Crippen LogP contribution is -2.41. The number of aryl methyl sites for hydroxylation is 1. The molecule has 0 aliphatic carbocycles. The van der Waals surface area contributed by atoms with Gasteiger partial charge in [-0.15, -0.1) is 0 Å². The van der Waals surface area contributed by atoms with Crippen LogP contribution in [-0.2, 0) is 30.4 Å². The number of hydrazine groups is 1. The molecule has 202 valence electrons. The minimum atomic E-state index is -0.408. The van der Waals surface area contributed by atoms with Crippen LogP contribution in [-0.4, -0.2) is 41.7 Å². The quantitative estimate of drug-likeness (QED) is 0.178. The van der Waals surface area contributed by atoms with Crippen molar-refractivity contribution in [2.75, 3.05) is 23.2 Å². The molecule has 0 spiro atoms. The predicted molar refractivity (Wildman–Crippen MR) is 152 cm³/mol. The summed E-state index contributed by atoms with van der Waals surface area (Å²) in [5.41, 5.74) is 2.88. The largest absolute Gasteiger partial charge is 0.463 e. The van der Waals surface area contributed by atoms with E-state index in [0.717, 1.165) is 29.3 Å². The zero-order valence-corrected chi connectivity index (χ0v) is 21.9. The molecule has 3 aromatic carbocycles. The molecular weight excluding hydrogens is 506 g/mol. The lowest BCUT2D eigenvalue weighted by molar-refractivity contribution is -0.147. The van der Waals surface area contributed by atoms with Gasteiger partial charge in [0.2, 0.25) is 0 Å². The molecule has 0 bridgehead atoms. The maximum Gasteiger partial charge on any atom is 0.307 e. The van der Waals surface area contributed by atoms with Crippen molar-refractivity contribution in [3.63, 3.8) is 0 Å². The van der Waals surface area contributed by atoms with Gasteiger partial charge in [-0.25, -0.2) is 10.0 Å². The lowest BCUT2D eigenvalue weighted by atomic mass is 10.1. The van der Waals surface area contributed by atoms with Gasteiger partial charge in [0.15, 0.2) is 0 Å². The number of rotatable bonds is 8. The third kappa shape index (κ3) is 5.01. The van der Waals surface area contributed by atoms with Crippen LogP contribution in [0.1, 0.15) is 24.8 Å². The normalized spacial score (nSPS) is 17.2. The van der Waals surface area contributed by atoms with Crippen LogP contribution in [0.5, 0.6) is 0 Å². The van der Waals surface area contributed by atoms with E-state index in [4.69, 9.17) is 9.47 Å². The van der Waals surface area contributed by atoms with Crippen molar-refractivity contribution in [1.82, 2.24) is 4.57 Å². The first kappa shape index (κ1) is 25.6. The summed E-state index contributed by atoms with van der Waals surface area (Å²) in [4.78, 5) is 39.9. The summed E-state index contributed by atoms with van der Waals surface area (Å²) >= 11 is 0. The zero-order valence-electron chi connectivity index (χ0n) is 21.9. The molecule has 40 heavy (non-hydrogen) atoms. The van der Waals surface area contributed by atoms with E-state index >= 15 is 0 Å². The fourth-order valence-corrected chi connectivity index (χ4v) is 5.20. The third-order valence-electron chi connectivity index (χ3n) is 7.18. The number of aromatic nitrogens is 1. The smallest absolute Gasteiger partial charge is 0.307 e.